The Morgan fingerprint density at radius 3 is 2.48 bits per heavy atom. The third-order valence-corrected chi connectivity index (χ3v) is 4.62. The fraction of sp³-hybridized carbons (Fsp3) is 0.143. The zero-order chi connectivity index (χ0) is 18.1. The van der Waals surface area contributed by atoms with E-state index >= 15 is 0 Å². The summed E-state index contributed by atoms with van der Waals surface area (Å²) in [5.41, 5.74) is -1.02. The van der Waals surface area contributed by atoms with Crippen LogP contribution in [0.5, 0.6) is 0 Å². The van der Waals surface area contributed by atoms with Crippen LogP contribution in [0.1, 0.15) is 16.8 Å². The van der Waals surface area contributed by atoms with E-state index in [0.717, 1.165) is 12.1 Å². The minimum absolute atomic E-state index is 0. The monoisotopic (exact) mass is 399 g/mol. The second kappa shape index (κ2) is 7.93. The Bertz CT molecular complexity index is 943. The van der Waals surface area contributed by atoms with Gasteiger partial charge in [0.1, 0.15) is 6.07 Å². The third-order valence-electron chi connectivity index (χ3n) is 2.93. The topological polar surface area (TPSA) is 82.8 Å². The van der Waals surface area contributed by atoms with Crippen LogP contribution in [0.3, 0.4) is 0 Å². The van der Waals surface area contributed by atoms with E-state index < -0.39 is 31.7 Å². The van der Waals surface area contributed by atoms with Gasteiger partial charge in [0.15, 0.2) is 5.69 Å². The number of nitrogens with zero attached hydrogens (tertiary/aromatic N) is 2. The summed E-state index contributed by atoms with van der Waals surface area (Å²) >= 11 is 5.47. The average Bonchev–Trinajstić information content (AvgIpc) is 2.46. The number of hydrogen-bond donors (Lipinski definition) is 1. The van der Waals surface area contributed by atoms with Gasteiger partial charge in [0.2, 0.25) is 0 Å². The Balaban J connectivity index is 0.00000312. The number of halogens is 4. The van der Waals surface area contributed by atoms with E-state index in [-0.39, 0.29) is 40.9 Å². The molecular weight excluding hydrogens is 390 g/mol. The van der Waals surface area contributed by atoms with E-state index in [2.05, 4.69) is 9.71 Å². The Hall–Kier alpha value is -1.31. The molecule has 1 N–H and O–H groups in total. The van der Waals surface area contributed by atoms with Crippen LogP contribution in [-0.4, -0.2) is 43.0 Å². The molecule has 5 nitrogen and oxygen atoms in total. The standard InChI is InChI=1S/C14H9ClF3N3O2S.Na.H/c1-8-4-12(13(6-19)20-7-8)21-24(22,23)9-2-3-11(15)10(5-9)14(16,17)18;;/h2-5,7,21H,1H3;;. The van der Waals surface area contributed by atoms with Gasteiger partial charge in [-0.15, -0.1) is 0 Å². The molecule has 0 saturated heterocycles. The van der Waals surface area contributed by atoms with Gasteiger partial charge in [-0.2, -0.15) is 18.4 Å². The molecule has 0 radical (unpaired) electrons. The van der Waals surface area contributed by atoms with Gasteiger partial charge in [0, 0.05) is 6.20 Å². The predicted octanol–water partition coefficient (Wildman–Crippen LogP) is 3.09. The number of rotatable bonds is 3. The second-order valence-electron chi connectivity index (χ2n) is 4.77. The summed E-state index contributed by atoms with van der Waals surface area (Å²) in [5.74, 6) is 0. The van der Waals surface area contributed by atoms with Crippen molar-refractivity contribution in [2.75, 3.05) is 4.72 Å². The summed E-state index contributed by atoms with van der Waals surface area (Å²) in [7, 11) is -4.36. The van der Waals surface area contributed by atoms with Crippen molar-refractivity contribution in [2.45, 2.75) is 18.0 Å². The van der Waals surface area contributed by atoms with Gasteiger partial charge in [0.25, 0.3) is 10.0 Å². The fourth-order valence-corrected chi connectivity index (χ4v) is 3.14. The molecule has 0 bridgehead atoms. The third kappa shape index (κ3) is 5.09. The van der Waals surface area contributed by atoms with Gasteiger partial charge in [-0.1, -0.05) is 11.6 Å². The molecule has 2 rings (SSSR count). The summed E-state index contributed by atoms with van der Waals surface area (Å²) in [5, 5.41) is 8.34. The molecule has 0 saturated carbocycles. The second-order valence-corrected chi connectivity index (χ2v) is 6.86. The molecule has 1 heterocycles. The van der Waals surface area contributed by atoms with Gasteiger partial charge in [-0.25, -0.2) is 13.4 Å². The van der Waals surface area contributed by atoms with E-state index in [0.29, 0.717) is 11.6 Å². The molecule has 0 aliphatic carbocycles. The molecule has 0 unspecified atom stereocenters. The first kappa shape index (κ1) is 21.7. The number of sulfonamides is 1. The molecule has 0 amide bonds. The molecule has 0 atom stereocenters. The number of hydrogen-bond acceptors (Lipinski definition) is 4. The van der Waals surface area contributed by atoms with Crippen LogP contribution in [0.4, 0.5) is 18.9 Å². The average molecular weight is 400 g/mol. The van der Waals surface area contributed by atoms with Crippen LogP contribution in [0.15, 0.2) is 35.4 Å². The molecule has 0 spiro atoms. The van der Waals surface area contributed by atoms with Gasteiger partial charge >= 0.3 is 35.7 Å². The van der Waals surface area contributed by atoms with Gasteiger partial charge < -0.3 is 0 Å². The van der Waals surface area contributed by atoms with Crippen molar-refractivity contribution in [2.24, 2.45) is 0 Å². The Labute approximate surface area is 169 Å². The van der Waals surface area contributed by atoms with Crippen molar-refractivity contribution in [3.05, 3.63) is 52.3 Å². The van der Waals surface area contributed by atoms with Crippen molar-refractivity contribution >= 4 is 56.9 Å². The van der Waals surface area contributed by atoms with E-state index in [1.807, 2.05) is 0 Å². The normalized spacial score (nSPS) is 11.4. The van der Waals surface area contributed by atoms with Crippen molar-refractivity contribution < 1.29 is 21.6 Å². The number of anilines is 1. The molecule has 128 valence electrons. The van der Waals surface area contributed by atoms with E-state index in [1.165, 1.54) is 12.3 Å². The molecule has 11 heteroatoms. The number of pyridine rings is 1. The fourth-order valence-electron chi connectivity index (χ4n) is 1.83. The summed E-state index contributed by atoms with van der Waals surface area (Å²) < 4.78 is 65.3. The Kier molecular flexibility index (Phi) is 6.89. The molecule has 25 heavy (non-hydrogen) atoms. The first-order chi connectivity index (χ1) is 11.0. The van der Waals surface area contributed by atoms with Crippen LogP contribution in [0.25, 0.3) is 0 Å². The molecule has 0 aliphatic heterocycles. The van der Waals surface area contributed by atoms with Crippen molar-refractivity contribution in [3.8, 4) is 6.07 Å². The molecule has 0 fully saturated rings. The number of aryl methyl sites for hydroxylation is 1. The van der Waals surface area contributed by atoms with Crippen LogP contribution >= 0.6 is 11.6 Å². The molecule has 1 aromatic heterocycles. The number of nitriles is 1. The minimum atomic E-state index is -4.80. The summed E-state index contributed by atoms with van der Waals surface area (Å²) in [6.45, 7) is 1.62. The first-order valence-corrected chi connectivity index (χ1v) is 8.17. The van der Waals surface area contributed by atoms with E-state index in [1.54, 1.807) is 13.0 Å². The molecular formula is C14H10ClF3N3NaO2S. The summed E-state index contributed by atoms with van der Waals surface area (Å²) in [4.78, 5) is 3.12. The van der Waals surface area contributed by atoms with Crippen molar-refractivity contribution in [1.82, 2.24) is 4.98 Å². The summed E-state index contributed by atoms with van der Waals surface area (Å²) in [6, 6.07) is 5.27. The number of benzene rings is 1. The van der Waals surface area contributed by atoms with E-state index in [4.69, 9.17) is 16.9 Å². The van der Waals surface area contributed by atoms with Crippen LogP contribution < -0.4 is 4.72 Å². The molecule has 0 aliphatic rings. The van der Waals surface area contributed by atoms with E-state index in [9.17, 15) is 21.6 Å². The molecule has 2 aromatic rings. The zero-order valence-corrected chi connectivity index (χ0v) is 13.6. The van der Waals surface area contributed by atoms with Crippen molar-refractivity contribution in [1.29, 1.82) is 5.26 Å². The first-order valence-electron chi connectivity index (χ1n) is 6.31. The van der Waals surface area contributed by atoms with Crippen LogP contribution in [0.2, 0.25) is 5.02 Å². The number of alkyl halides is 3. The SMILES string of the molecule is Cc1cnc(C#N)c(NS(=O)(=O)c2ccc(Cl)c(C(F)(F)F)c2)c1.[NaH]. The van der Waals surface area contributed by atoms with Gasteiger partial charge in [-0.05, 0) is 36.8 Å². The number of aromatic nitrogens is 1. The zero-order valence-electron chi connectivity index (χ0n) is 12.0. The van der Waals surface area contributed by atoms with Gasteiger partial charge in [-0.3, -0.25) is 4.72 Å². The van der Waals surface area contributed by atoms with Crippen molar-refractivity contribution in [3.63, 3.8) is 0 Å². The Morgan fingerprint density at radius 1 is 1.28 bits per heavy atom. The van der Waals surface area contributed by atoms with Gasteiger partial charge in [0.05, 0.1) is 21.2 Å². The maximum atomic E-state index is 12.9. The number of nitrogens with one attached hydrogen (secondary N) is 1. The predicted molar refractivity (Wildman–Crippen MR) is 88.1 cm³/mol. The van der Waals surface area contributed by atoms with Crippen LogP contribution in [0, 0.1) is 18.3 Å². The Morgan fingerprint density at radius 2 is 1.92 bits per heavy atom. The molecule has 1 aromatic carbocycles. The maximum absolute atomic E-state index is 12.9. The quantitative estimate of drug-likeness (QED) is 0.804. The van der Waals surface area contributed by atoms with Crippen LogP contribution in [-0.2, 0) is 16.2 Å². The summed E-state index contributed by atoms with van der Waals surface area (Å²) in [6.07, 6.45) is -3.44.